The summed E-state index contributed by atoms with van der Waals surface area (Å²) in [6.07, 6.45) is 0. The van der Waals surface area contributed by atoms with E-state index in [1.807, 2.05) is 52.8 Å². The second-order valence-electron chi connectivity index (χ2n) is 7.23. The normalized spacial score (nSPS) is 23.4. The van der Waals surface area contributed by atoms with Gasteiger partial charge in [-0.2, -0.15) is 0 Å². The minimum Gasteiger partial charge on any atom is -0.399 e. The Hall–Kier alpha value is -1.37. The number of hydrogen-bond donors (Lipinski definition) is 0. The van der Waals surface area contributed by atoms with Gasteiger partial charge in [-0.25, -0.2) is 0 Å². The van der Waals surface area contributed by atoms with E-state index in [2.05, 4.69) is 0 Å². The summed E-state index contributed by atoms with van der Waals surface area (Å²) in [4.78, 5) is 13.7. The van der Waals surface area contributed by atoms with E-state index in [-0.39, 0.29) is 30.8 Å². The third-order valence-corrected chi connectivity index (χ3v) is 5.06. The average Bonchev–Trinajstić information content (AvgIpc) is 2.67. The monoisotopic (exact) mass is 317 g/mol. The van der Waals surface area contributed by atoms with Crippen molar-refractivity contribution in [3.05, 3.63) is 23.8 Å². The Morgan fingerprint density at radius 1 is 1.13 bits per heavy atom. The van der Waals surface area contributed by atoms with Gasteiger partial charge in [-0.3, -0.25) is 4.79 Å². The minimum atomic E-state index is -0.380. The lowest BCUT2D eigenvalue weighted by Gasteiger charge is -2.32. The van der Waals surface area contributed by atoms with Crippen LogP contribution in [0.25, 0.3) is 0 Å². The fraction of sp³-hybridized carbons (Fsp3) is 0.588. The first-order valence-electron chi connectivity index (χ1n) is 8.05. The Morgan fingerprint density at radius 3 is 2.35 bits per heavy atom. The van der Waals surface area contributed by atoms with E-state index in [1.54, 1.807) is 4.90 Å². The minimum absolute atomic E-state index is 0.000895. The summed E-state index contributed by atoms with van der Waals surface area (Å²) in [7, 11) is -0.380. The van der Waals surface area contributed by atoms with E-state index in [4.69, 9.17) is 14.0 Å². The maximum atomic E-state index is 12.0. The molecule has 2 saturated heterocycles. The number of aryl methyl sites for hydroxylation is 1. The summed E-state index contributed by atoms with van der Waals surface area (Å²) in [5.41, 5.74) is 2.25. The molecule has 0 aliphatic carbocycles. The van der Waals surface area contributed by atoms with E-state index >= 15 is 0 Å². The van der Waals surface area contributed by atoms with Crippen LogP contribution >= 0.6 is 0 Å². The molecule has 3 rings (SSSR count). The van der Waals surface area contributed by atoms with Crippen molar-refractivity contribution < 1.29 is 18.8 Å². The largest absolute Gasteiger partial charge is 0.495 e. The van der Waals surface area contributed by atoms with Crippen molar-refractivity contribution in [3.63, 3.8) is 0 Å². The van der Waals surface area contributed by atoms with Crippen molar-refractivity contribution in [1.29, 1.82) is 0 Å². The number of anilines is 1. The highest BCUT2D eigenvalue weighted by atomic mass is 16.7. The number of carbonyl (C=O) groups excluding carboxylic acids is 1. The van der Waals surface area contributed by atoms with Gasteiger partial charge in [0.15, 0.2) is 0 Å². The molecule has 0 aromatic heterocycles. The molecule has 2 fully saturated rings. The first kappa shape index (κ1) is 16.5. The van der Waals surface area contributed by atoms with Crippen LogP contribution < -0.4 is 10.4 Å². The first-order chi connectivity index (χ1) is 10.7. The summed E-state index contributed by atoms with van der Waals surface area (Å²) in [6, 6.07) is 5.97. The number of hydrogen-bond acceptors (Lipinski definition) is 4. The maximum absolute atomic E-state index is 12.0. The summed E-state index contributed by atoms with van der Waals surface area (Å²) < 4.78 is 17.4. The van der Waals surface area contributed by atoms with E-state index < -0.39 is 0 Å². The van der Waals surface area contributed by atoms with Gasteiger partial charge < -0.3 is 18.9 Å². The highest BCUT2D eigenvalue weighted by Crippen LogP contribution is 2.36. The first-order valence-corrected chi connectivity index (χ1v) is 8.05. The topological polar surface area (TPSA) is 48.0 Å². The van der Waals surface area contributed by atoms with Gasteiger partial charge in [-0.15, -0.1) is 0 Å². The Kier molecular flexibility index (Phi) is 4.03. The van der Waals surface area contributed by atoms with Gasteiger partial charge in [0.2, 0.25) is 0 Å². The molecule has 0 unspecified atom stereocenters. The number of ether oxygens (including phenoxy) is 1. The van der Waals surface area contributed by atoms with Crippen LogP contribution in [0.1, 0.15) is 33.3 Å². The molecule has 0 spiro atoms. The molecule has 23 heavy (non-hydrogen) atoms. The molecule has 6 heteroatoms. The Morgan fingerprint density at radius 2 is 1.78 bits per heavy atom. The van der Waals surface area contributed by atoms with Gasteiger partial charge >= 0.3 is 7.12 Å². The molecule has 2 heterocycles. The predicted octanol–water partition coefficient (Wildman–Crippen LogP) is 1.66. The number of benzene rings is 1. The van der Waals surface area contributed by atoms with E-state index in [9.17, 15) is 4.79 Å². The zero-order valence-electron chi connectivity index (χ0n) is 14.5. The molecular weight excluding hydrogens is 293 g/mol. The van der Waals surface area contributed by atoms with Crippen LogP contribution in [0.4, 0.5) is 5.69 Å². The molecule has 0 atom stereocenters. The standard InChI is InChI=1S/C17H24BNO4/c1-12-10-13(19-8-9-21-11-15(19)20)6-7-14(12)18-22-16(2,3)17(4,5)23-18/h6-7,10H,8-9,11H2,1-5H3. The Balaban J connectivity index is 1.85. The quantitative estimate of drug-likeness (QED) is 0.779. The van der Waals surface area contributed by atoms with Gasteiger partial charge in [0, 0.05) is 12.2 Å². The summed E-state index contributed by atoms with van der Waals surface area (Å²) in [5, 5.41) is 0. The number of morpholine rings is 1. The van der Waals surface area contributed by atoms with Crippen molar-refractivity contribution in [3.8, 4) is 0 Å². The molecule has 1 amide bonds. The van der Waals surface area contributed by atoms with Crippen LogP contribution in [-0.4, -0.2) is 44.0 Å². The molecule has 0 radical (unpaired) electrons. The van der Waals surface area contributed by atoms with Crippen LogP contribution in [0.2, 0.25) is 0 Å². The average molecular weight is 317 g/mol. The number of rotatable bonds is 2. The number of amides is 1. The molecular formula is C17H24BNO4. The van der Waals surface area contributed by atoms with Crippen molar-refractivity contribution >= 4 is 24.2 Å². The molecule has 1 aromatic rings. The molecule has 0 bridgehead atoms. The van der Waals surface area contributed by atoms with Gasteiger partial charge in [-0.1, -0.05) is 6.07 Å². The van der Waals surface area contributed by atoms with Crippen LogP contribution in [0.3, 0.4) is 0 Å². The molecule has 5 nitrogen and oxygen atoms in total. The third kappa shape index (κ3) is 2.91. The van der Waals surface area contributed by atoms with Crippen LogP contribution in [0, 0.1) is 6.92 Å². The Labute approximate surface area is 138 Å². The zero-order valence-corrected chi connectivity index (χ0v) is 14.5. The summed E-state index contributed by atoms with van der Waals surface area (Å²) >= 11 is 0. The second kappa shape index (κ2) is 5.62. The van der Waals surface area contributed by atoms with Crippen LogP contribution in [0.15, 0.2) is 18.2 Å². The lowest BCUT2D eigenvalue weighted by molar-refractivity contribution is -0.125. The summed E-state index contributed by atoms with van der Waals surface area (Å²) in [6.45, 7) is 11.5. The van der Waals surface area contributed by atoms with Crippen molar-refractivity contribution in [2.24, 2.45) is 0 Å². The zero-order chi connectivity index (χ0) is 16.8. The Bertz CT molecular complexity index is 613. The van der Waals surface area contributed by atoms with Gasteiger partial charge in [-0.05, 0) is 57.8 Å². The van der Waals surface area contributed by atoms with Gasteiger partial charge in [0.25, 0.3) is 5.91 Å². The number of nitrogens with zero attached hydrogens (tertiary/aromatic N) is 1. The maximum Gasteiger partial charge on any atom is 0.495 e. The highest BCUT2D eigenvalue weighted by molar-refractivity contribution is 6.62. The SMILES string of the molecule is Cc1cc(N2CCOCC2=O)ccc1B1OC(C)(C)C(C)(C)O1. The van der Waals surface area contributed by atoms with E-state index in [0.717, 1.165) is 16.7 Å². The summed E-state index contributed by atoms with van der Waals surface area (Å²) in [5.74, 6) is -0.000895. The van der Waals surface area contributed by atoms with Crippen molar-refractivity contribution in [2.75, 3.05) is 24.7 Å². The van der Waals surface area contributed by atoms with Crippen LogP contribution in [0.5, 0.6) is 0 Å². The predicted molar refractivity (Wildman–Crippen MR) is 90.1 cm³/mol. The van der Waals surface area contributed by atoms with Gasteiger partial charge in [0.1, 0.15) is 6.61 Å². The van der Waals surface area contributed by atoms with Crippen molar-refractivity contribution in [1.82, 2.24) is 0 Å². The van der Waals surface area contributed by atoms with Crippen molar-refractivity contribution in [2.45, 2.75) is 45.8 Å². The van der Waals surface area contributed by atoms with E-state index in [1.165, 1.54) is 0 Å². The fourth-order valence-corrected chi connectivity index (χ4v) is 2.85. The third-order valence-electron chi connectivity index (χ3n) is 5.06. The van der Waals surface area contributed by atoms with Crippen LogP contribution in [-0.2, 0) is 18.8 Å². The fourth-order valence-electron chi connectivity index (χ4n) is 2.85. The molecule has 0 N–H and O–H groups in total. The molecule has 1 aromatic carbocycles. The smallest absolute Gasteiger partial charge is 0.399 e. The second-order valence-corrected chi connectivity index (χ2v) is 7.23. The molecule has 124 valence electrons. The van der Waals surface area contributed by atoms with Gasteiger partial charge in [0.05, 0.1) is 17.8 Å². The molecule has 2 aliphatic heterocycles. The lowest BCUT2D eigenvalue weighted by atomic mass is 9.76. The lowest BCUT2D eigenvalue weighted by Crippen LogP contribution is -2.42. The molecule has 2 aliphatic rings. The highest BCUT2D eigenvalue weighted by Gasteiger charge is 2.52. The molecule has 0 saturated carbocycles. The number of carbonyl (C=O) groups is 1. The van der Waals surface area contributed by atoms with E-state index in [0.29, 0.717) is 13.2 Å².